The summed E-state index contributed by atoms with van der Waals surface area (Å²) in [6.07, 6.45) is 5.22. The summed E-state index contributed by atoms with van der Waals surface area (Å²) in [6.45, 7) is 6.97. The Balaban J connectivity index is 1.88. The summed E-state index contributed by atoms with van der Waals surface area (Å²) in [5.41, 5.74) is 1.45. The topological polar surface area (TPSA) is 12.0 Å². The van der Waals surface area contributed by atoms with Crippen molar-refractivity contribution >= 4 is 0 Å². The van der Waals surface area contributed by atoms with E-state index in [1.165, 1.54) is 31.2 Å². The quantitative estimate of drug-likeness (QED) is 0.775. The molecule has 1 aliphatic carbocycles. The molecular weight excluding hydrogens is 218 g/mol. The average Bonchev–Trinajstić information content (AvgIpc) is 2.32. The van der Waals surface area contributed by atoms with Crippen LogP contribution in [-0.2, 0) is 0 Å². The number of nitrogens with one attached hydrogen (secondary N) is 1. The summed E-state index contributed by atoms with van der Waals surface area (Å²) in [7, 11) is 0. The highest BCUT2D eigenvalue weighted by Gasteiger charge is 2.32. The van der Waals surface area contributed by atoms with Crippen LogP contribution in [0.4, 0.5) is 0 Å². The first kappa shape index (κ1) is 13.6. The molecule has 100 valence electrons. The molecule has 1 unspecified atom stereocenters. The van der Waals surface area contributed by atoms with Crippen LogP contribution in [0.15, 0.2) is 30.3 Å². The van der Waals surface area contributed by atoms with Gasteiger partial charge in [0.1, 0.15) is 0 Å². The Morgan fingerprint density at radius 1 is 1.17 bits per heavy atom. The van der Waals surface area contributed by atoms with Gasteiger partial charge in [0, 0.05) is 12.1 Å². The first-order chi connectivity index (χ1) is 8.70. The molecule has 0 amide bonds. The van der Waals surface area contributed by atoms with E-state index in [1.54, 1.807) is 0 Å². The van der Waals surface area contributed by atoms with Gasteiger partial charge in [-0.3, -0.25) is 0 Å². The second kappa shape index (κ2) is 6.38. The molecule has 18 heavy (non-hydrogen) atoms. The van der Waals surface area contributed by atoms with Crippen molar-refractivity contribution in [2.75, 3.05) is 0 Å². The molecule has 0 bridgehead atoms. The summed E-state index contributed by atoms with van der Waals surface area (Å²) in [4.78, 5) is 0. The van der Waals surface area contributed by atoms with Gasteiger partial charge in [-0.15, -0.1) is 0 Å². The highest BCUT2D eigenvalue weighted by molar-refractivity contribution is 5.19. The molecule has 0 spiro atoms. The third kappa shape index (κ3) is 3.35. The Labute approximate surface area is 112 Å². The maximum atomic E-state index is 3.86. The van der Waals surface area contributed by atoms with Gasteiger partial charge in [-0.2, -0.15) is 0 Å². The summed E-state index contributed by atoms with van der Waals surface area (Å²) < 4.78 is 0. The highest BCUT2D eigenvalue weighted by atomic mass is 15.0. The maximum Gasteiger partial charge on any atom is 0.0322 e. The van der Waals surface area contributed by atoms with E-state index in [2.05, 4.69) is 56.4 Å². The molecule has 1 N–H and O–H groups in total. The third-order valence-electron chi connectivity index (χ3n) is 4.33. The fourth-order valence-corrected chi connectivity index (χ4v) is 2.95. The molecule has 1 aliphatic rings. The Morgan fingerprint density at radius 3 is 2.39 bits per heavy atom. The monoisotopic (exact) mass is 245 g/mol. The number of hydrogen-bond acceptors (Lipinski definition) is 1. The Bertz CT molecular complexity index is 338. The molecule has 1 aromatic carbocycles. The molecule has 2 rings (SSSR count). The van der Waals surface area contributed by atoms with Crippen LogP contribution in [0, 0.1) is 11.8 Å². The molecule has 1 aromatic rings. The Kier molecular flexibility index (Phi) is 4.82. The van der Waals surface area contributed by atoms with Gasteiger partial charge in [0.25, 0.3) is 0 Å². The standard InChI is InChI=1S/C17H27N/c1-4-8-17(14-9-6-5-7-10-14)18-16-11-15(12-16)13(2)3/h5-7,9-10,13,15-18H,4,8,11-12H2,1-3H3. The second-order valence-electron chi connectivity index (χ2n) is 6.09. The van der Waals surface area contributed by atoms with Crippen LogP contribution in [0.2, 0.25) is 0 Å². The van der Waals surface area contributed by atoms with Crippen molar-refractivity contribution in [1.82, 2.24) is 5.32 Å². The zero-order chi connectivity index (χ0) is 13.0. The van der Waals surface area contributed by atoms with E-state index in [9.17, 15) is 0 Å². The minimum Gasteiger partial charge on any atom is -0.307 e. The predicted molar refractivity (Wildman–Crippen MR) is 78.6 cm³/mol. The molecule has 0 heterocycles. The maximum absolute atomic E-state index is 3.86. The van der Waals surface area contributed by atoms with Crippen LogP contribution in [-0.4, -0.2) is 6.04 Å². The Morgan fingerprint density at radius 2 is 1.83 bits per heavy atom. The van der Waals surface area contributed by atoms with Crippen LogP contribution in [0.25, 0.3) is 0 Å². The summed E-state index contributed by atoms with van der Waals surface area (Å²) in [6, 6.07) is 12.2. The van der Waals surface area contributed by atoms with E-state index in [4.69, 9.17) is 0 Å². The SMILES string of the molecule is CCCC(NC1CC(C(C)C)C1)c1ccccc1. The zero-order valence-electron chi connectivity index (χ0n) is 12.0. The lowest BCUT2D eigenvalue weighted by atomic mass is 9.73. The minimum atomic E-state index is 0.550. The van der Waals surface area contributed by atoms with Crippen LogP contribution < -0.4 is 5.32 Å². The Hall–Kier alpha value is -0.820. The van der Waals surface area contributed by atoms with E-state index in [1.807, 2.05) is 0 Å². The van der Waals surface area contributed by atoms with Crippen molar-refractivity contribution in [2.45, 2.75) is 58.5 Å². The normalized spacial score (nSPS) is 24.9. The summed E-state index contributed by atoms with van der Waals surface area (Å²) in [5, 5.41) is 3.86. The van der Waals surface area contributed by atoms with Gasteiger partial charge in [0.05, 0.1) is 0 Å². The van der Waals surface area contributed by atoms with Crippen molar-refractivity contribution in [2.24, 2.45) is 11.8 Å². The van der Waals surface area contributed by atoms with Gasteiger partial charge in [0.2, 0.25) is 0 Å². The molecule has 1 heteroatoms. The van der Waals surface area contributed by atoms with E-state index >= 15 is 0 Å². The molecule has 0 aliphatic heterocycles. The molecule has 1 fully saturated rings. The number of rotatable bonds is 6. The van der Waals surface area contributed by atoms with E-state index in [0.717, 1.165) is 17.9 Å². The van der Waals surface area contributed by atoms with Gasteiger partial charge in [-0.25, -0.2) is 0 Å². The second-order valence-corrected chi connectivity index (χ2v) is 6.09. The van der Waals surface area contributed by atoms with Crippen molar-refractivity contribution in [3.8, 4) is 0 Å². The van der Waals surface area contributed by atoms with E-state index in [-0.39, 0.29) is 0 Å². The third-order valence-corrected chi connectivity index (χ3v) is 4.33. The molecule has 0 saturated heterocycles. The van der Waals surface area contributed by atoms with Crippen LogP contribution in [0.3, 0.4) is 0 Å². The molecule has 1 nitrogen and oxygen atoms in total. The van der Waals surface area contributed by atoms with Gasteiger partial charge in [0.15, 0.2) is 0 Å². The fraction of sp³-hybridized carbons (Fsp3) is 0.647. The number of benzene rings is 1. The fourth-order valence-electron chi connectivity index (χ4n) is 2.95. The predicted octanol–water partition coefficient (Wildman–Crippen LogP) is 4.55. The molecule has 0 radical (unpaired) electrons. The molecular formula is C17H27N. The van der Waals surface area contributed by atoms with Gasteiger partial charge in [-0.05, 0) is 36.7 Å². The largest absolute Gasteiger partial charge is 0.307 e. The van der Waals surface area contributed by atoms with Crippen molar-refractivity contribution in [3.05, 3.63) is 35.9 Å². The minimum absolute atomic E-state index is 0.550. The van der Waals surface area contributed by atoms with Gasteiger partial charge in [-0.1, -0.05) is 57.5 Å². The summed E-state index contributed by atoms with van der Waals surface area (Å²) >= 11 is 0. The smallest absolute Gasteiger partial charge is 0.0322 e. The lowest BCUT2D eigenvalue weighted by molar-refractivity contribution is 0.155. The zero-order valence-corrected chi connectivity index (χ0v) is 12.0. The lowest BCUT2D eigenvalue weighted by Gasteiger charge is -2.41. The average molecular weight is 245 g/mol. The molecule has 1 saturated carbocycles. The lowest BCUT2D eigenvalue weighted by Crippen LogP contribution is -2.44. The van der Waals surface area contributed by atoms with Crippen molar-refractivity contribution < 1.29 is 0 Å². The van der Waals surface area contributed by atoms with Crippen LogP contribution >= 0.6 is 0 Å². The summed E-state index contributed by atoms with van der Waals surface area (Å²) in [5.74, 6) is 1.80. The van der Waals surface area contributed by atoms with Gasteiger partial charge < -0.3 is 5.32 Å². The molecule has 1 atom stereocenters. The van der Waals surface area contributed by atoms with Gasteiger partial charge >= 0.3 is 0 Å². The first-order valence-corrected chi connectivity index (χ1v) is 7.51. The van der Waals surface area contributed by atoms with Crippen LogP contribution in [0.1, 0.15) is 58.1 Å². The van der Waals surface area contributed by atoms with E-state index in [0.29, 0.717) is 6.04 Å². The highest BCUT2D eigenvalue weighted by Crippen LogP contribution is 2.35. The van der Waals surface area contributed by atoms with E-state index < -0.39 is 0 Å². The van der Waals surface area contributed by atoms with Crippen molar-refractivity contribution in [3.63, 3.8) is 0 Å². The van der Waals surface area contributed by atoms with Crippen molar-refractivity contribution in [1.29, 1.82) is 0 Å². The molecule has 0 aromatic heterocycles. The number of hydrogen-bond donors (Lipinski definition) is 1. The van der Waals surface area contributed by atoms with Crippen LogP contribution in [0.5, 0.6) is 0 Å². The first-order valence-electron chi connectivity index (χ1n) is 7.51.